The first-order chi connectivity index (χ1) is 7.77. The van der Waals surface area contributed by atoms with Gasteiger partial charge in [-0.1, -0.05) is 18.2 Å². The van der Waals surface area contributed by atoms with Crippen molar-refractivity contribution in [2.75, 3.05) is 19.8 Å². The number of carbonyl (C=O) groups is 1. The number of benzene rings is 1. The zero-order chi connectivity index (χ0) is 11.4. The second-order valence-corrected chi connectivity index (χ2v) is 4.25. The number of rotatable bonds is 3. The second kappa shape index (κ2) is 5.12. The largest absolute Gasteiger partial charge is 0.381 e. The van der Waals surface area contributed by atoms with Crippen LogP contribution in [-0.2, 0) is 4.74 Å². The van der Waals surface area contributed by atoms with Gasteiger partial charge < -0.3 is 10.1 Å². The topological polar surface area (TPSA) is 38.3 Å². The van der Waals surface area contributed by atoms with Crippen molar-refractivity contribution >= 4 is 5.91 Å². The van der Waals surface area contributed by atoms with Crippen LogP contribution in [0.3, 0.4) is 0 Å². The number of ether oxygens (including phenoxy) is 1. The van der Waals surface area contributed by atoms with E-state index in [9.17, 15) is 4.79 Å². The number of nitrogens with one attached hydrogen (secondary N) is 1. The third kappa shape index (κ3) is 2.61. The molecule has 1 aromatic rings. The molecule has 0 aliphatic carbocycles. The fourth-order valence-electron chi connectivity index (χ4n) is 1.90. The van der Waals surface area contributed by atoms with Gasteiger partial charge in [-0.2, -0.15) is 0 Å². The number of carbonyl (C=O) groups excluding carboxylic acids is 1. The van der Waals surface area contributed by atoms with E-state index in [1.54, 1.807) is 0 Å². The van der Waals surface area contributed by atoms with Crippen LogP contribution >= 0.6 is 0 Å². The Labute approximate surface area is 95.8 Å². The summed E-state index contributed by atoms with van der Waals surface area (Å²) in [7, 11) is 0. The Balaban J connectivity index is 1.90. The van der Waals surface area contributed by atoms with Gasteiger partial charge in [0.25, 0.3) is 5.91 Å². The molecule has 3 nitrogen and oxygen atoms in total. The molecule has 86 valence electrons. The number of hydrogen-bond acceptors (Lipinski definition) is 2. The molecule has 1 N–H and O–H groups in total. The van der Waals surface area contributed by atoms with Crippen LogP contribution in [0.5, 0.6) is 0 Å². The lowest BCUT2D eigenvalue weighted by Gasteiger charge is -2.10. The molecular weight excluding hydrogens is 202 g/mol. The Morgan fingerprint density at radius 1 is 1.50 bits per heavy atom. The lowest BCUT2D eigenvalue weighted by molar-refractivity contribution is 0.0944. The Morgan fingerprint density at radius 2 is 2.31 bits per heavy atom. The summed E-state index contributed by atoms with van der Waals surface area (Å²) in [6.45, 7) is 4.26. The molecule has 1 aliphatic rings. The van der Waals surface area contributed by atoms with Crippen molar-refractivity contribution in [3.63, 3.8) is 0 Å². The van der Waals surface area contributed by atoms with Gasteiger partial charge in [-0.05, 0) is 25.0 Å². The molecule has 3 heteroatoms. The molecule has 1 aliphatic heterocycles. The molecule has 2 rings (SSSR count). The molecule has 0 radical (unpaired) electrons. The molecule has 16 heavy (non-hydrogen) atoms. The van der Waals surface area contributed by atoms with E-state index < -0.39 is 0 Å². The van der Waals surface area contributed by atoms with E-state index in [0.29, 0.717) is 12.5 Å². The first kappa shape index (κ1) is 11.1. The number of hydrogen-bond donors (Lipinski definition) is 1. The third-order valence-electron chi connectivity index (χ3n) is 2.96. The van der Waals surface area contributed by atoms with E-state index in [2.05, 4.69) is 5.32 Å². The highest BCUT2D eigenvalue weighted by atomic mass is 16.5. The highest BCUT2D eigenvalue weighted by molar-refractivity contribution is 5.95. The van der Waals surface area contributed by atoms with Crippen LogP contribution in [0.1, 0.15) is 22.3 Å². The van der Waals surface area contributed by atoms with Crippen molar-refractivity contribution in [2.45, 2.75) is 13.3 Å². The van der Waals surface area contributed by atoms with E-state index in [1.807, 2.05) is 31.2 Å². The van der Waals surface area contributed by atoms with Crippen molar-refractivity contribution in [1.29, 1.82) is 0 Å². The zero-order valence-electron chi connectivity index (χ0n) is 9.53. The van der Waals surface area contributed by atoms with Gasteiger partial charge in [0.15, 0.2) is 0 Å². The Morgan fingerprint density at radius 3 is 3.00 bits per heavy atom. The van der Waals surface area contributed by atoms with E-state index in [0.717, 1.165) is 30.8 Å². The molecule has 1 aromatic carbocycles. The van der Waals surface area contributed by atoms with Gasteiger partial charge >= 0.3 is 0 Å². The van der Waals surface area contributed by atoms with Crippen LogP contribution in [0.2, 0.25) is 0 Å². The van der Waals surface area contributed by atoms with Gasteiger partial charge in [-0.25, -0.2) is 0 Å². The van der Waals surface area contributed by atoms with E-state index in [-0.39, 0.29) is 5.91 Å². The first-order valence-corrected chi connectivity index (χ1v) is 5.69. The van der Waals surface area contributed by atoms with E-state index in [4.69, 9.17) is 4.74 Å². The average Bonchev–Trinajstić information content (AvgIpc) is 2.79. The lowest BCUT2D eigenvalue weighted by atomic mass is 10.1. The van der Waals surface area contributed by atoms with Crippen molar-refractivity contribution in [3.8, 4) is 0 Å². The van der Waals surface area contributed by atoms with Crippen LogP contribution in [0.25, 0.3) is 0 Å². The van der Waals surface area contributed by atoms with Crippen molar-refractivity contribution in [1.82, 2.24) is 5.32 Å². The molecule has 1 saturated heterocycles. The molecule has 1 unspecified atom stereocenters. The minimum absolute atomic E-state index is 0.0185. The molecule has 1 amide bonds. The maximum atomic E-state index is 11.9. The Bertz CT molecular complexity index is 370. The van der Waals surface area contributed by atoms with Crippen molar-refractivity contribution in [3.05, 3.63) is 35.4 Å². The normalized spacial score (nSPS) is 19.7. The molecule has 1 atom stereocenters. The number of amides is 1. The summed E-state index contributed by atoms with van der Waals surface area (Å²) in [4.78, 5) is 11.9. The van der Waals surface area contributed by atoms with E-state index >= 15 is 0 Å². The van der Waals surface area contributed by atoms with Gasteiger partial charge in [-0.3, -0.25) is 4.79 Å². The maximum Gasteiger partial charge on any atom is 0.251 e. The summed E-state index contributed by atoms with van der Waals surface area (Å²) >= 11 is 0. The SMILES string of the molecule is Cc1ccccc1C(=O)NCC1CCOC1. The molecule has 1 fully saturated rings. The molecule has 0 bridgehead atoms. The van der Waals surface area contributed by atoms with Crippen molar-refractivity contribution in [2.24, 2.45) is 5.92 Å². The van der Waals surface area contributed by atoms with Crippen LogP contribution < -0.4 is 5.32 Å². The summed E-state index contributed by atoms with van der Waals surface area (Å²) < 4.78 is 5.27. The Kier molecular flexibility index (Phi) is 3.57. The predicted octanol–water partition coefficient (Wildman–Crippen LogP) is 1.76. The summed E-state index contributed by atoms with van der Waals surface area (Å²) in [5, 5.41) is 2.96. The highest BCUT2D eigenvalue weighted by Gasteiger charge is 2.17. The number of aryl methyl sites for hydroxylation is 1. The summed E-state index contributed by atoms with van der Waals surface area (Å²) in [6, 6.07) is 7.64. The van der Waals surface area contributed by atoms with Gasteiger partial charge in [-0.15, -0.1) is 0 Å². The standard InChI is InChI=1S/C13H17NO2/c1-10-4-2-3-5-12(10)13(15)14-8-11-6-7-16-9-11/h2-5,11H,6-9H2,1H3,(H,14,15). The second-order valence-electron chi connectivity index (χ2n) is 4.25. The quantitative estimate of drug-likeness (QED) is 0.841. The van der Waals surface area contributed by atoms with Crippen LogP contribution in [0, 0.1) is 12.8 Å². The minimum atomic E-state index is 0.0185. The van der Waals surface area contributed by atoms with Gasteiger partial charge in [0.05, 0.1) is 6.61 Å². The lowest BCUT2D eigenvalue weighted by Crippen LogP contribution is -2.29. The van der Waals surface area contributed by atoms with Crippen LogP contribution in [0.15, 0.2) is 24.3 Å². The third-order valence-corrected chi connectivity index (χ3v) is 2.96. The van der Waals surface area contributed by atoms with Gasteiger partial charge in [0.1, 0.15) is 0 Å². The highest BCUT2D eigenvalue weighted by Crippen LogP contribution is 2.11. The minimum Gasteiger partial charge on any atom is -0.381 e. The molecule has 0 spiro atoms. The first-order valence-electron chi connectivity index (χ1n) is 5.69. The van der Waals surface area contributed by atoms with Crippen LogP contribution in [-0.4, -0.2) is 25.7 Å². The molecule has 0 saturated carbocycles. The Hall–Kier alpha value is -1.35. The monoisotopic (exact) mass is 219 g/mol. The summed E-state index contributed by atoms with van der Waals surface area (Å²) in [6.07, 6.45) is 1.05. The fraction of sp³-hybridized carbons (Fsp3) is 0.462. The smallest absolute Gasteiger partial charge is 0.251 e. The summed E-state index contributed by atoms with van der Waals surface area (Å²) in [5.74, 6) is 0.498. The van der Waals surface area contributed by atoms with Crippen LogP contribution in [0.4, 0.5) is 0 Å². The average molecular weight is 219 g/mol. The fourth-order valence-corrected chi connectivity index (χ4v) is 1.90. The zero-order valence-corrected chi connectivity index (χ0v) is 9.53. The predicted molar refractivity (Wildman–Crippen MR) is 62.4 cm³/mol. The van der Waals surface area contributed by atoms with E-state index in [1.165, 1.54) is 0 Å². The molecule has 0 aromatic heterocycles. The maximum absolute atomic E-state index is 11.9. The van der Waals surface area contributed by atoms with Gasteiger partial charge in [0.2, 0.25) is 0 Å². The molecular formula is C13H17NO2. The molecule has 1 heterocycles. The summed E-state index contributed by atoms with van der Waals surface area (Å²) in [5.41, 5.74) is 1.78. The van der Waals surface area contributed by atoms with Crippen molar-refractivity contribution < 1.29 is 9.53 Å². The van der Waals surface area contributed by atoms with Gasteiger partial charge in [0, 0.05) is 24.6 Å².